The van der Waals surface area contributed by atoms with Crippen molar-refractivity contribution in [2.45, 2.75) is 19.3 Å². The number of hydrogen-bond donors (Lipinski definition) is 1. The van der Waals surface area contributed by atoms with E-state index in [1.54, 1.807) is 31.4 Å². The first-order valence-corrected chi connectivity index (χ1v) is 8.32. The van der Waals surface area contributed by atoms with Gasteiger partial charge in [-0.3, -0.25) is 0 Å². The number of nitrogens with zero attached hydrogens (tertiary/aromatic N) is 2. The summed E-state index contributed by atoms with van der Waals surface area (Å²) in [5.41, 5.74) is 2.18. The van der Waals surface area contributed by atoms with Crippen LogP contribution in [0.2, 0.25) is 0 Å². The molecular weight excluding hydrogens is 318 g/mol. The zero-order valence-electron chi connectivity index (χ0n) is 14.3. The predicted molar refractivity (Wildman–Crippen MR) is 96.0 cm³/mol. The zero-order valence-corrected chi connectivity index (χ0v) is 14.3. The quantitative estimate of drug-likeness (QED) is 0.670. The number of amides is 1. The van der Waals surface area contributed by atoms with E-state index in [0.717, 1.165) is 30.9 Å². The third-order valence-corrected chi connectivity index (χ3v) is 4.09. The molecule has 1 aliphatic heterocycles. The van der Waals surface area contributed by atoms with E-state index in [9.17, 15) is 4.79 Å². The summed E-state index contributed by atoms with van der Waals surface area (Å²) >= 11 is 0. The number of anilines is 1. The van der Waals surface area contributed by atoms with Crippen LogP contribution in [-0.4, -0.2) is 42.6 Å². The first kappa shape index (κ1) is 17.0. The Balaban J connectivity index is 1.55. The van der Waals surface area contributed by atoms with Crippen LogP contribution in [-0.2, 0) is 12.8 Å². The summed E-state index contributed by atoms with van der Waals surface area (Å²) in [5.74, 6) is 2.01. The van der Waals surface area contributed by atoms with Crippen molar-refractivity contribution >= 4 is 18.6 Å². The molecule has 1 N–H and O–H groups in total. The molecule has 2 aromatic rings. The first-order valence-electron chi connectivity index (χ1n) is 8.32. The van der Waals surface area contributed by atoms with Gasteiger partial charge in [0.15, 0.2) is 6.54 Å². The van der Waals surface area contributed by atoms with Gasteiger partial charge in [-0.2, -0.15) is 4.79 Å². The molecule has 25 heavy (non-hydrogen) atoms. The first-order chi connectivity index (χ1) is 12.2. The molecule has 3 rings (SSSR count). The van der Waals surface area contributed by atoms with Crippen LogP contribution in [0.3, 0.4) is 0 Å². The number of carbonyl (C=O) groups excluding carboxylic acids is 1. The van der Waals surface area contributed by atoms with E-state index >= 15 is 0 Å². The van der Waals surface area contributed by atoms with Crippen molar-refractivity contribution < 1.29 is 18.8 Å². The molecule has 130 valence electrons. The Labute approximate surface area is 147 Å². The molecule has 1 aromatic carbocycles. The van der Waals surface area contributed by atoms with E-state index in [1.807, 2.05) is 6.07 Å². The Kier molecular flexibility index (Phi) is 5.28. The highest BCUT2D eigenvalue weighted by Crippen LogP contribution is 2.20. The Morgan fingerprint density at radius 3 is 3.00 bits per heavy atom. The lowest BCUT2D eigenvalue weighted by Gasteiger charge is -2.17. The van der Waals surface area contributed by atoms with Gasteiger partial charge in [0.1, 0.15) is 24.0 Å². The Morgan fingerprint density at radius 2 is 2.16 bits per heavy atom. The van der Waals surface area contributed by atoms with Crippen molar-refractivity contribution in [2.75, 3.05) is 25.5 Å². The van der Waals surface area contributed by atoms with E-state index in [2.05, 4.69) is 23.1 Å². The number of rotatable bonds is 5. The van der Waals surface area contributed by atoms with Crippen molar-refractivity contribution in [3.63, 3.8) is 0 Å². The second kappa shape index (κ2) is 7.79. The third-order valence-electron chi connectivity index (χ3n) is 4.09. The van der Waals surface area contributed by atoms with Gasteiger partial charge in [0.05, 0.1) is 7.11 Å². The zero-order chi connectivity index (χ0) is 17.6. The number of aryl methyl sites for hydroxylation is 1. The molecule has 0 spiro atoms. The highest BCUT2D eigenvalue weighted by Gasteiger charge is 2.19. The van der Waals surface area contributed by atoms with Crippen molar-refractivity contribution in [1.29, 1.82) is 0 Å². The number of fused-ring (bicyclic) bond motifs is 1. The largest absolute Gasteiger partial charge is 0.601 e. The molecule has 0 atom stereocenters. The lowest BCUT2D eigenvalue weighted by Crippen LogP contribution is -2.25. The van der Waals surface area contributed by atoms with Crippen LogP contribution >= 0.6 is 0 Å². The number of pyridine rings is 1. The van der Waals surface area contributed by atoms with E-state index in [1.165, 1.54) is 10.1 Å². The van der Waals surface area contributed by atoms with Crippen LogP contribution < -0.4 is 14.8 Å². The lowest BCUT2D eigenvalue weighted by atomic mass is 10.1. The maximum atomic E-state index is 12.1. The molecule has 6 nitrogen and oxygen atoms in total. The fourth-order valence-electron chi connectivity index (χ4n) is 2.68. The van der Waals surface area contributed by atoms with E-state index in [-0.39, 0.29) is 0 Å². The summed E-state index contributed by atoms with van der Waals surface area (Å²) in [6.07, 6.45) is 2.30. The van der Waals surface area contributed by atoms with E-state index in [4.69, 9.17) is 9.47 Å². The number of benzene rings is 1. The highest BCUT2D eigenvalue weighted by molar-refractivity contribution is 5.64. The normalized spacial score (nSPS) is 12.7. The smallest absolute Gasteiger partial charge is 0.497 e. The van der Waals surface area contributed by atoms with E-state index in [0.29, 0.717) is 24.5 Å². The summed E-state index contributed by atoms with van der Waals surface area (Å²) in [6.45, 7) is 5.14. The van der Waals surface area contributed by atoms with Gasteiger partial charge in [-0.05, 0) is 36.6 Å². The fraction of sp³-hybridized carbons (Fsp3) is 0.316. The number of ether oxygens (including phenoxy) is 2. The molecule has 1 amide bonds. The van der Waals surface area contributed by atoms with Crippen LogP contribution in [0, 0.1) is 0 Å². The van der Waals surface area contributed by atoms with Crippen LogP contribution in [0.15, 0.2) is 36.4 Å². The predicted octanol–water partition coefficient (Wildman–Crippen LogP) is 2.90. The van der Waals surface area contributed by atoms with Gasteiger partial charge in [-0.15, -0.1) is 4.58 Å². The molecule has 1 aliphatic rings. The highest BCUT2D eigenvalue weighted by atomic mass is 16.6. The summed E-state index contributed by atoms with van der Waals surface area (Å²) in [7, 11) is 1.56. The topological polar surface area (TPSA) is 63.5 Å². The van der Waals surface area contributed by atoms with Gasteiger partial charge >= 0.3 is 6.09 Å². The minimum atomic E-state index is -0.510. The van der Waals surface area contributed by atoms with Crippen molar-refractivity contribution in [3.05, 3.63) is 47.7 Å². The molecule has 6 heteroatoms. The van der Waals surface area contributed by atoms with Gasteiger partial charge in [0.25, 0.3) is 0 Å². The average molecular weight is 340 g/mol. The summed E-state index contributed by atoms with van der Waals surface area (Å²) in [5, 5.41) is 3.31. The van der Waals surface area contributed by atoms with Gasteiger partial charge < -0.3 is 14.8 Å². The van der Waals surface area contributed by atoms with Gasteiger partial charge in [-0.1, -0.05) is 12.1 Å². The molecule has 2 heterocycles. The second-order valence-electron chi connectivity index (χ2n) is 5.90. The minimum Gasteiger partial charge on any atom is -0.497 e. The molecule has 0 bridgehead atoms. The van der Waals surface area contributed by atoms with Gasteiger partial charge in [-0.25, -0.2) is 4.98 Å². The Morgan fingerprint density at radius 1 is 1.32 bits per heavy atom. The average Bonchev–Trinajstić information content (AvgIpc) is 2.66. The van der Waals surface area contributed by atoms with Crippen LogP contribution in [0.25, 0.3) is 0 Å². The van der Waals surface area contributed by atoms with Crippen molar-refractivity contribution in [2.24, 2.45) is 0 Å². The monoisotopic (exact) mass is 340 g/mol. The molecule has 0 radical (unpaired) electrons. The number of carbonyl (C=O) groups is 1. The molecular formula is C19H22N3O3+. The minimum absolute atomic E-state index is 0.425. The summed E-state index contributed by atoms with van der Waals surface area (Å²) in [6, 6.07) is 11.0. The van der Waals surface area contributed by atoms with Crippen LogP contribution in [0.1, 0.15) is 17.7 Å². The summed E-state index contributed by atoms with van der Waals surface area (Å²) < 4.78 is 11.7. The van der Waals surface area contributed by atoms with Crippen LogP contribution in [0.4, 0.5) is 10.6 Å². The van der Waals surface area contributed by atoms with E-state index < -0.39 is 6.09 Å². The third kappa shape index (κ3) is 4.35. The summed E-state index contributed by atoms with van der Waals surface area (Å²) in [4.78, 5) is 16.8. The molecule has 0 fully saturated rings. The lowest BCUT2D eigenvalue weighted by molar-refractivity contribution is -0.431. The maximum absolute atomic E-state index is 12.1. The SMILES string of the molecule is C=[N+](CCc1ccc2c(n1)NCCC2)C(=O)Oc1cccc(OC)c1. The molecule has 0 unspecified atom stereocenters. The fourth-order valence-corrected chi connectivity index (χ4v) is 2.68. The van der Waals surface area contributed by atoms with Crippen molar-refractivity contribution in [1.82, 2.24) is 4.98 Å². The Hall–Kier alpha value is -2.89. The molecule has 0 aliphatic carbocycles. The van der Waals surface area contributed by atoms with Gasteiger partial charge in [0, 0.05) is 24.7 Å². The molecule has 0 saturated carbocycles. The second-order valence-corrected chi connectivity index (χ2v) is 5.90. The van der Waals surface area contributed by atoms with Crippen LogP contribution in [0.5, 0.6) is 11.5 Å². The van der Waals surface area contributed by atoms with Crippen molar-refractivity contribution in [3.8, 4) is 11.5 Å². The van der Waals surface area contributed by atoms with Gasteiger partial charge in [0.2, 0.25) is 0 Å². The molecule has 0 saturated heterocycles. The number of methoxy groups -OCH3 is 1. The Bertz CT molecular complexity index is 789. The standard InChI is InChI=1S/C19H22N3O3/c1-22(19(23)25-17-7-3-6-16(13-17)24-2)12-10-15-9-8-14-5-4-11-20-18(14)21-15/h3,6-9,13H,1,4-5,10-12H2,2H3,(H,20,21)/q+1. The maximum Gasteiger partial charge on any atom is 0.601 e. The molecule has 1 aromatic heterocycles. The number of aromatic nitrogens is 1. The number of hydrogen-bond acceptors (Lipinski definition) is 5. The number of nitrogens with one attached hydrogen (secondary N) is 1.